The molecule has 0 aliphatic carbocycles. The third-order valence-electron chi connectivity index (χ3n) is 4.34. The number of rotatable bonds is 5. The van der Waals surface area contributed by atoms with Crippen molar-refractivity contribution in [3.8, 4) is 0 Å². The topological polar surface area (TPSA) is 111 Å². The van der Waals surface area contributed by atoms with Crippen molar-refractivity contribution in [3.05, 3.63) is 42.2 Å². The van der Waals surface area contributed by atoms with Crippen molar-refractivity contribution in [1.29, 1.82) is 0 Å². The number of benzene rings is 1. The Morgan fingerprint density at radius 2 is 1.89 bits per heavy atom. The normalized spacial score (nSPS) is 15.9. The summed E-state index contributed by atoms with van der Waals surface area (Å²) in [5.41, 5.74) is 1.96. The molecule has 1 saturated heterocycles. The molecule has 9 nitrogen and oxygen atoms in total. The molecule has 3 rings (SSSR count). The Labute approximate surface area is 157 Å². The van der Waals surface area contributed by atoms with E-state index in [0.717, 1.165) is 30.9 Å². The van der Waals surface area contributed by atoms with Gasteiger partial charge in [0.15, 0.2) is 0 Å². The summed E-state index contributed by atoms with van der Waals surface area (Å²) in [5, 5.41) is 11.8. The van der Waals surface area contributed by atoms with Crippen LogP contribution in [0, 0.1) is 0 Å². The molecule has 1 aliphatic heterocycles. The Bertz CT molecular complexity index is 786. The molecule has 0 bridgehead atoms. The van der Waals surface area contributed by atoms with Gasteiger partial charge in [-0.05, 0) is 37.2 Å². The molecule has 0 spiro atoms. The van der Waals surface area contributed by atoms with Crippen LogP contribution in [0.1, 0.15) is 16.8 Å². The lowest BCUT2D eigenvalue weighted by Gasteiger charge is -2.17. The van der Waals surface area contributed by atoms with Crippen LogP contribution >= 0.6 is 0 Å². The fraction of sp³-hybridized carbons (Fsp3) is 0.333. The number of amides is 3. The van der Waals surface area contributed by atoms with Gasteiger partial charge in [0, 0.05) is 50.5 Å². The number of hydrogen-bond donors (Lipinski definition) is 4. The van der Waals surface area contributed by atoms with E-state index < -0.39 is 0 Å². The third-order valence-corrected chi connectivity index (χ3v) is 4.34. The molecule has 0 radical (unpaired) electrons. The van der Waals surface area contributed by atoms with Gasteiger partial charge in [-0.1, -0.05) is 0 Å². The van der Waals surface area contributed by atoms with Gasteiger partial charge < -0.3 is 21.3 Å². The first-order chi connectivity index (χ1) is 13.1. The largest absolute Gasteiger partial charge is 0.348 e. The lowest BCUT2D eigenvalue weighted by molar-refractivity contribution is 0.0939. The molecule has 1 aromatic carbocycles. The Kier molecular flexibility index (Phi) is 5.82. The van der Waals surface area contributed by atoms with E-state index in [4.69, 9.17) is 0 Å². The standard InChI is InChI=1S/C18H23N7O2/c1-19-18(27)25(2)15-5-3-13(4-6-15)24-17-21-9-12(10-22-17)16(26)23-14-7-8-20-11-14/h3-6,9-10,14,20H,7-8,11H2,1-2H3,(H,19,27)(H,23,26)(H,21,22,24). The summed E-state index contributed by atoms with van der Waals surface area (Å²) >= 11 is 0. The Balaban J connectivity index is 1.59. The van der Waals surface area contributed by atoms with Crippen molar-refractivity contribution in [2.75, 3.05) is 37.4 Å². The van der Waals surface area contributed by atoms with Gasteiger partial charge in [-0.15, -0.1) is 0 Å². The summed E-state index contributed by atoms with van der Waals surface area (Å²) in [6.45, 7) is 1.71. The zero-order chi connectivity index (χ0) is 19.2. The Morgan fingerprint density at radius 1 is 1.19 bits per heavy atom. The first-order valence-corrected chi connectivity index (χ1v) is 8.73. The molecular weight excluding hydrogens is 346 g/mol. The quantitative estimate of drug-likeness (QED) is 0.628. The van der Waals surface area contributed by atoms with Crippen LogP contribution in [0.2, 0.25) is 0 Å². The fourth-order valence-electron chi connectivity index (χ4n) is 2.74. The van der Waals surface area contributed by atoms with Crippen LogP contribution in [0.15, 0.2) is 36.7 Å². The second-order valence-electron chi connectivity index (χ2n) is 6.24. The molecule has 3 amide bonds. The van der Waals surface area contributed by atoms with Crippen molar-refractivity contribution in [3.63, 3.8) is 0 Å². The van der Waals surface area contributed by atoms with E-state index in [1.165, 1.54) is 17.3 Å². The maximum atomic E-state index is 12.2. The predicted molar refractivity (Wildman–Crippen MR) is 103 cm³/mol. The molecule has 27 heavy (non-hydrogen) atoms. The number of nitrogens with one attached hydrogen (secondary N) is 4. The van der Waals surface area contributed by atoms with E-state index in [1.807, 2.05) is 24.3 Å². The van der Waals surface area contributed by atoms with Crippen molar-refractivity contribution in [2.24, 2.45) is 0 Å². The summed E-state index contributed by atoms with van der Waals surface area (Å²) in [4.78, 5) is 33.7. The lowest BCUT2D eigenvalue weighted by Crippen LogP contribution is -2.36. The minimum atomic E-state index is -0.193. The van der Waals surface area contributed by atoms with Gasteiger partial charge in [0.1, 0.15) is 0 Å². The van der Waals surface area contributed by atoms with Crippen LogP contribution < -0.4 is 26.2 Å². The molecule has 1 atom stereocenters. The SMILES string of the molecule is CNC(=O)N(C)c1ccc(Nc2ncc(C(=O)NC3CCNC3)cn2)cc1. The predicted octanol–water partition coefficient (Wildman–Crippen LogP) is 1.09. The van der Waals surface area contributed by atoms with E-state index in [1.54, 1.807) is 14.1 Å². The molecule has 4 N–H and O–H groups in total. The molecular formula is C18H23N7O2. The van der Waals surface area contributed by atoms with Gasteiger partial charge in [-0.25, -0.2) is 14.8 Å². The minimum Gasteiger partial charge on any atom is -0.348 e. The molecule has 1 aromatic heterocycles. The van der Waals surface area contributed by atoms with Gasteiger partial charge in [0.25, 0.3) is 5.91 Å². The number of anilines is 3. The van der Waals surface area contributed by atoms with Crippen LogP contribution in [-0.4, -0.2) is 55.1 Å². The van der Waals surface area contributed by atoms with Crippen molar-refractivity contribution in [2.45, 2.75) is 12.5 Å². The average molecular weight is 369 g/mol. The number of urea groups is 1. The summed E-state index contributed by atoms with van der Waals surface area (Å²) < 4.78 is 0. The van der Waals surface area contributed by atoms with Crippen LogP contribution in [0.5, 0.6) is 0 Å². The molecule has 1 unspecified atom stereocenters. The van der Waals surface area contributed by atoms with Crippen molar-refractivity contribution >= 4 is 29.3 Å². The number of carbonyl (C=O) groups is 2. The minimum absolute atomic E-state index is 0.154. The summed E-state index contributed by atoms with van der Waals surface area (Å²) in [6, 6.07) is 7.24. The molecule has 9 heteroatoms. The van der Waals surface area contributed by atoms with Crippen LogP contribution in [0.25, 0.3) is 0 Å². The highest BCUT2D eigenvalue weighted by molar-refractivity contribution is 5.94. The van der Waals surface area contributed by atoms with E-state index in [0.29, 0.717) is 11.5 Å². The number of hydrogen-bond acceptors (Lipinski definition) is 6. The third kappa shape index (κ3) is 4.70. The number of nitrogens with zero attached hydrogens (tertiary/aromatic N) is 3. The Hall–Kier alpha value is -3.20. The fourth-order valence-corrected chi connectivity index (χ4v) is 2.74. The maximum Gasteiger partial charge on any atom is 0.321 e. The first-order valence-electron chi connectivity index (χ1n) is 8.73. The van der Waals surface area contributed by atoms with Crippen LogP contribution in [0.4, 0.5) is 22.1 Å². The monoisotopic (exact) mass is 369 g/mol. The molecule has 142 valence electrons. The smallest absolute Gasteiger partial charge is 0.321 e. The number of carbonyl (C=O) groups excluding carboxylic acids is 2. The van der Waals surface area contributed by atoms with E-state index >= 15 is 0 Å². The maximum absolute atomic E-state index is 12.2. The van der Waals surface area contributed by atoms with Gasteiger partial charge in [0.2, 0.25) is 5.95 Å². The highest BCUT2D eigenvalue weighted by Gasteiger charge is 2.18. The summed E-state index contributed by atoms with van der Waals surface area (Å²) in [5.74, 6) is 0.221. The van der Waals surface area contributed by atoms with E-state index in [2.05, 4.69) is 31.2 Å². The first kappa shape index (κ1) is 18.6. The van der Waals surface area contributed by atoms with Crippen LogP contribution in [0.3, 0.4) is 0 Å². The molecule has 2 heterocycles. The number of aromatic nitrogens is 2. The van der Waals surface area contributed by atoms with E-state index in [9.17, 15) is 9.59 Å². The average Bonchev–Trinajstić information content (AvgIpc) is 3.21. The van der Waals surface area contributed by atoms with Crippen molar-refractivity contribution in [1.82, 2.24) is 25.9 Å². The highest BCUT2D eigenvalue weighted by atomic mass is 16.2. The molecule has 1 fully saturated rings. The van der Waals surface area contributed by atoms with Gasteiger partial charge >= 0.3 is 6.03 Å². The second kappa shape index (κ2) is 8.45. The zero-order valence-corrected chi connectivity index (χ0v) is 15.3. The van der Waals surface area contributed by atoms with Crippen LogP contribution in [-0.2, 0) is 0 Å². The van der Waals surface area contributed by atoms with Gasteiger partial charge in [-0.2, -0.15) is 0 Å². The molecule has 0 saturated carbocycles. The summed E-state index contributed by atoms with van der Waals surface area (Å²) in [6.07, 6.45) is 3.93. The Morgan fingerprint density at radius 3 is 2.48 bits per heavy atom. The molecule has 2 aromatic rings. The lowest BCUT2D eigenvalue weighted by atomic mass is 10.2. The van der Waals surface area contributed by atoms with E-state index in [-0.39, 0.29) is 18.0 Å². The second-order valence-corrected chi connectivity index (χ2v) is 6.24. The van der Waals surface area contributed by atoms with Gasteiger partial charge in [0.05, 0.1) is 5.56 Å². The highest BCUT2D eigenvalue weighted by Crippen LogP contribution is 2.19. The zero-order valence-electron chi connectivity index (χ0n) is 15.3. The van der Waals surface area contributed by atoms with Gasteiger partial charge in [-0.3, -0.25) is 9.69 Å². The summed E-state index contributed by atoms with van der Waals surface area (Å²) in [7, 11) is 3.27. The van der Waals surface area contributed by atoms with Crippen molar-refractivity contribution < 1.29 is 9.59 Å². The molecule has 1 aliphatic rings.